The number of carbonyl (C=O) groups is 2. The Morgan fingerprint density at radius 2 is 1.38 bits per heavy atom. The molecule has 0 aromatic heterocycles. The van der Waals surface area contributed by atoms with Crippen LogP contribution >= 0.6 is 0 Å². The van der Waals surface area contributed by atoms with Gasteiger partial charge in [0.05, 0.1) is 16.3 Å². The summed E-state index contributed by atoms with van der Waals surface area (Å²) in [7, 11) is -2.34. The molecule has 0 heterocycles. The third-order valence-corrected chi connectivity index (χ3v) is 8.70. The molecule has 0 aliphatic heterocycles. The Balaban J connectivity index is 1.63. The number of hydrogen-bond donors (Lipinski definition) is 1. The van der Waals surface area contributed by atoms with Crippen LogP contribution in [0, 0.1) is 6.92 Å². The molecule has 0 fully saturated rings. The number of para-hydroxylation sites is 1. The highest BCUT2D eigenvalue weighted by atomic mass is 32.2. The number of hydrogen-bond acceptors (Lipinski definition) is 6. The van der Waals surface area contributed by atoms with Crippen LogP contribution in [0.3, 0.4) is 0 Å². The van der Waals surface area contributed by atoms with Crippen molar-refractivity contribution >= 4 is 50.2 Å². The molecule has 1 amide bonds. The van der Waals surface area contributed by atoms with Crippen LogP contribution in [0.4, 0.5) is 22.7 Å². The van der Waals surface area contributed by atoms with Crippen LogP contribution in [0.5, 0.6) is 0 Å². The Morgan fingerprint density at radius 3 is 1.95 bits per heavy atom. The van der Waals surface area contributed by atoms with E-state index in [1.807, 2.05) is 25.1 Å². The predicted octanol–water partition coefficient (Wildman–Crippen LogP) is 6.26. The second-order valence-corrected chi connectivity index (χ2v) is 11.6. The summed E-state index contributed by atoms with van der Waals surface area (Å²) < 4.78 is 27.5. The maximum atomic E-state index is 13.5. The van der Waals surface area contributed by atoms with Gasteiger partial charge in [-0.3, -0.25) is 13.9 Å². The molecule has 4 aromatic carbocycles. The molecule has 9 heteroatoms. The van der Waals surface area contributed by atoms with Crippen LogP contribution in [0.15, 0.2) is 113 Å². The number of rotatable bonds is 11. The van der Waals surface area contributed by atoms with Crippen molar-refractivity contribution in [1.82, 2.24) is 0 Å². The maximum Gasteiger partial charge on any atom is 0.278 e. The predicted molar refractivity (Wildman–Crippen MR) is 170 cm³/mol. The van der Waals surface area contributed by atoms with Gasteiger partial charge in [0, 0.05) is 37.1 Å². The van der Waals surface area contributed by atoms with E-state index in [0.717, 1.165) is 24.3 Å². The summed E-state index contributed by atoms with van der Waals surface area (Å²) in [6.45, 7) is 7.74. The monoisotopic (exact) mass is 582 g/mol. The van der Waals surface area contributed by atoms with Crippen LogP contribution in [-0.4, -0.2) is 46.0 Å². The summed E-state index contributed by atoms with van der Waals surface area (Å²) in [4.78, 5) is 33.7. The molecule has 0 atom stereocenters. The summed E-state index contributed by atoms with van der Waals surface area (Å²) >= 11 is 0. The Hall–Kier alpha value is -4.76. The Morgan fingerprint density at radius 1 is 0.786 bits per heavy atom. The largest absolute Gasteiger partial charge is 0.372 e. The van der Waals surface area contributed by atoms with Gasteiger partial charge in [-0.25, -0.2) is 13.4 Å². The number of anilines is 3. The summed E-state index contributed by atoms with van der Waals surface area (Å²) in [5.74, 6) is -1.22. The number of nitrogens with zero attached hydrogens (tertiary/aromatic N) is 3. The fourth-order valence-electron chi connectivity index (χ4n) is 4.44. The van der Waals surface area contributed by atoms with Crippen LogP contribution in [0.2, 0.25) is 0 Å². The quantitative estimate of drug-likeness (QED) is 0.128. The van der Waals surface area contributed by atoms with E-state index in [1.54, 1.807) is 60.7 Å². The van der Waals surface area contributed by atoms with Gasteiger partial charge in [0.15, 0.2) is 5.71 Å². The minimum Gasteiger partial charge on any atom is -0.372 e. The number of sulfonamides is 1. The van der Waals surface area contributed by atoms with Gasteiger partial charge in [-0.05, 0) is 80.9 Å². The minimum absolute atomic E-state index is 0.0602. The van der Waals surface area contributed by atoms with Gasteiger partial charge >= 0.3 is 0 Å². The lowest BCUT2D eigenvalue weighted by Crippen LogP contribution is -2.30. The lowest BCUT2D eigenvalue weighted by Gasteiger charge is -2.21. The number of aliphatic imine (C=N–C) groups is 1. The van der Waals surface area contributed by atoms with E-state index < -0.39 is 21.7 Å². The molecular weight excluding hydrogens is 548 g/mol. The Labute approximate surface area is 247 Å². The van der Waals surface area contributed by atoms with Gasteiger partial charge in [0.1, 0.15) is 0 Å². The molecule has 0 unspecified atom stereocenters. The third kappa shape index (κ3) is 6.75. The zero-order chi connectivity index (χ0) is 30.3. The molecule has 0 bridgehead atoms. The highest BCUT2D eigenvalue weighted by molar-refractivity contribution is 7.92. The van der Waals surface area contributed by atoms with E-state index in [0.29, 0.717) is 22.6 Å². The molecule has 0 aliphatic rings. The normalized spacial score (nSPS) is 11.6. The third-order valence-electron chi connectivity index (χ3n) is 6.90. The molecule has 0 saturated heterocycles. The summed E-state index contributed by atoms with van der Waals surface area (Å²) in [5, 5.41) is 2.71. The van der Waals surface area contributed by atoms with Gasteiger partial charge < -0.3 is 10.2 Å². The van der Waals surface area contributed by atoms with Crippen molar-refractivity contribution in [2.45, 2.75) is 25.7 Å². The molecule has 4 aromatic rings. The van der Waals surface area contributed by atoms with Crippen molar-refractivity contribution in [2.24, 2.45) is 4.99 Å². The molecule has 0 spiro atoms. The van der Waals surface area contributed by atoms with Crippen molar-refractivity contribution in [3.05, 3.63) is 114 Å². The molecule has 42 heavy (non-hydrogen) atoms. The molecular formula is C33H34N4O4S. The topological polar surface area (TPSA) is 99.2 Å². The first-order valence-electron chi connectivity index (χ1n) is 13.6. The number of nitrogens with one attached hydrogen (secondary N) is 1. The van der Waals surface area contributed by atoms with E-state index in [9.17, 15) is 18.0 Å². The molecule has 0 radical (unpaired) electrons. The van der Waals surface area contributed by atoms with E-state index in [1.165, 1.54) is 35.6 Å². The lowest BCUT2D eigenvalue weighted by atomic mass is 10.1. The Bertz CT molecular complexity index is 1680. The standard InChI is InChI=1S/C33H34N4O4S/c1-5-37(6-2)28-19-22-30(24(3)23-28)35-31(32(38)25-13-9-7-10-14-25)33(39)34-26-17-20-29(21-18-26)42(40,41)36(4)27-15-11-8-12-16-27/h7-23H,5-6H2,1-4H3,(H,34,39). The fraction of sp³-hybridized carbons (Fsp3) is 0.182. The number of amides is 1. The van der Waals surface area contributed by atoms with E-state index in [2.05, 4.69) is 29.1 Å². The van der Waals surface area contributed by atoms with E-state index >= 15 is 0 Å². The maximum absolute atomic E-state index is 13.5. The highest BCUT2D eigenvalue weighted by Gasteiger charge is 2.24. The van der Waals surface area contributed by atoms with E-state index in [4.69, 9.17) is 0 Å². The van der Waals surface area contributed by atoms with Gasteiger partial charge in [0.25, 0.3) is 15.9 Å². The SMILES string of the molecule is CCN(CC)c1ccc(N=C(C(=O)Nc2ccc(S(=O)(=O)N(C)c3ccccc3)cc2)C(=O)c2ccccc2)c(C)c1. The smallest absolute Gasteiger partial charge is 0.278 e. The van der Waals surface area contributed by atoms with Crippen LogP contribution in [0.1, 0.15) is 29.8 Å². The van der Waals surface area contributed by atoms with Gasteiger partial charge in [-0.1, -0.05) is 48.5 Å². The first-order chi connectivity index (χ1) is 20.1. The van der Waals surface area contributed by atoms with Gasteiger partial charge in [-0.2, -0.15) is 0 Å². The first kappa shape index (κ1) is 30.2. The molecule has 0 saturated carbocycles. The Kier molecular flexibility index (Phi) is 9.54. The number of Topliss-reactive ketones (excluding diaryl/α,β-unsaturated/α-hetero) is 1. The van der Waals surface area contributed by atoms with E-state index in [-0.39, 0.29) is 10.6 Å². The first-order valence-corrected chi connectivity index (χ1v) is 15.1. The zero-order valence-electron chi connectivity index (χ0n) is 24.1. The number of aryl methyl sites for hydroxylation is 1. The van der Waals surface area contributed by atoms with Crippen LogP contribution in [0.25, 0.3) is 0 Å². The molecule has 0 aliphatic carbocycles. The minimum atomic E-state index is -3.82. The number of carbonyl (C=O) groups excluding carboxylic acids is 2. The number of benzene rings is 4. The second-order valence-electron chi connectivity index (χ2n) is 9.59. The molecule has 1 N–H and O–H groups in total. The van der Waals surface area contributed by atoms with Crippen molar-refractivity contribution in [3.63, 3.8) is 0 Å². The van der Waals surface area contributed by atoms with Crippen molar-refractivity contribution in [3.8, 4) is 0 Å². The number of ketones is 1. The summed E-state index contributed by atoms with van der Waals surface area (Å²) in [6, 6.07) is 28.7. The van der Waals surface area contributed by atoms with Crippen molar-refractivity contribution in [1.29, 1.82) is 0 Å². The molecule has 4 rings (SSSR count). The lowest BCUT2D eigenvalue weighted by molar-refractivity contribution is -0.110. The average Bonchev–Trinajstić information content (AvgIpc) is 3.01. The zero-order valence-corrected chi connectivity index (χ0v) is 24.9. The van der Waals surface area contributed by atoms with Crippen molar-refractivity contribution in [2.75, 3.05) is 34.7 Å². The average molecular weight is 583 g/mol. The van der Waals surface area contributed by atoms with Gasteiger partial charge in [0.2, 0.25) is 5.78 Å². The summed E-state index contributed by atoms with van der Waals surface area (Å²) in [5.41, 5.74) is 3.26. The van der Waals surface area contributed by atoms with Gasteiger partial charge in [-0.15, -0.1) is 0 Å². The second kappa shape index (κ2) is 13.3. The van der Waals surface area contributed by atoms with Crippen LogP contribution < -0.4 is 14.5 Å². The van der Waals surface area contributed by atoms with Crippen molar-refractivity contribution < 1.29 is 18.0 Å². The fourth-order valence-corrected chi connectivity index (χ4v) is 5.63. The highest BCUT2D eigenvalue weighted by Crippen LogP contribution is 2.26. The molecule has 216 valence electrons. The summed E-state index contributed by atoms with van der Waals surface area (Å²) in [6.07, 6.45) is 0. The van der Waals surface area contributed by atoms with Crippen LogP contribution in [-0.2, 0) is 14.8 Å². The molecule has 8 nitrogen and oxygen atoms in total.